The average Bonchev–Trinajstić information content (AvgIpc) is 3.26. The monoisotopic (exact) mass is 1050 g/mol. The van der Waals surface area contributed by atoms with Gasteiger partial charge in [-0.1, -0.05) is 60.3 Å². The maximum atomic E-state index is 13.6. The highest BCUT2D eigenvalue weighted by molar-refractivity contribution is 6.34. The molecule has 5 aromatic carbocycles. The number of ketones is 2. The molecule has 5 aromatic rings. The van der Waals surface area contributed by atoms with Gasteiger partial charge in [0, 0.05) is 33.9 Å². The minimum absolute atomic E-state index is 0.0290. The molecule has 0 aromatic heterocycles. The Labute approximate surface area is 414 Å². The molecule has 4 amide bonds. The predicted octanol–water partition coefficient (Wildman–Crippen LogP) is 13.3. The summed E-state index contributed by atoms with van der Waals surface area (Å²) >= 11 is 24.1. The molecule has 24 heteroatoms. The minimum Gasteiger partial charge on any atom is -0.323 e. The fourth-order valence-corrected chi connectivity index (χ4v) is 7.19. The summed E-state index contributed by atoms with van der Waals surface area (Å²) in [4.78, 5) is 78.6. The fraction of sp³-hybridized carbons (Fsp3) is 0.217. The Morgan fingerprint density at radius 2 is 0.857 bits per heavy atom. The molecule has 0 aliphatic rings. The zero-order valence-electron chi connectivity index (χ0n) is 36.7. The van der Waals surface area contributed by atoms with Crippen LogP contribution in [0, 0.1) is 0 Å². The molecule has 0 heterocycles. The molecule has 0 radical (unpaired) electrons. The summed E-state index contributed by atoms with van der Waals surface area (Å²) in [7, 11) is 0. The molecule has 2 unspecified atom stereocenters. The van der Waals surface area contributed by atoms with Crippen molar-refractivity contribution in [3.05, 3.63) is 138 Å². The number of carbonyl (C=O) groups is 6. The van der Waals surface area contributed by atoms with E-state index in [0.717, 1.165) is 38.1 Å². The Balaban J connectivity index is 1.30. The number of Topliss-reactive ketones (excluding diaryl/α,β-unsaturated/α-hetero) is 2. The van der Waals surface area contributed by atoms with E-state index >= 15 is 0 Å². The number of alkyl halides is 6. The van der Waals surface area contributed by atoms with Crippen LogP contribution in [-0.4, -0.2) is 47.3 Å². The number of amides is 4. The van der Waals surface area contributed by atoms with Gasteiger partial charge in [0.2, 0.25) is 12.1 Å². The zero-order valence-corrected chi connectivity index (χ0v) is 39.7. The molecule has 0 spiro atoms. The standard InChI is InChI=1S/C46H36Cl4F6N8O6/c1-5-23-15-36(60-44(70)40(22(4)66)64-62-38-18-26(8-14-32(38)48)42(68)58-28-10-12-30(34(50)20-28)46(54,55)56)24(6-2)16-35(23)59-43(69)39(21(3)65)63-61-37-17-25(7-13-31(37)47)41(67)57-27-9-11-29(33(49)19-27)45(51,52)53/h7-20,39-40H,5-6H2,1-4H3,(H,57,67)(H,58,68)(H,59,69)(H,60,70). The molecule has 14 nitrogen and oxygen atoms in total. The second kappa shape index (κ2) is 22.8. The van der Waals surface area contributed by atoms with Gasteiger partial charge in [0.15, 0.2) is 11.6 Å². The molecule has 70 heavy (non-hydrogen) atoms. The van der Waals surface area contributed by atoms with Crippen molar-refractivity contribution in [3.63, 3.8) is 0 Å². The van der Waals surface area contributed by atoms with E-state index in [1.807, 2.05) is 0 Å². The lowest BCUT2D eigenvalue weighted by Gasteiger charge is -2.18. The van der Waals surface area contributed by atoms with Crippen LogP contribution in [0.3, 0.4) is 0 Å². The van der Waals surface area contributed by atoms with E-state index in [9.17, 15) is 55.1 Å². The molecule has 5 rings (SSSR count). The highest BCUT2D eigenvalue weighted by Crippen LogP contribution is 2.38. The SMILES string of the molecule is CCc1cc(NC(=O)C(N=Nc2cc(C(=O)Nc3ccc(C(F)(F)F)c(Cl)c3)ccc2Cl)C(C)=O)c(CC)cc1NC(=O)C(N=Nc1cc(C(=O)Nc2ccc(C(F)(F)F)c(Cl)c2)ccc1Cl)C(C)=O. The van der Waals surface area contributed by atoms with Crippen LogP contribution >= 0.6 is 46.4 Å². The van der Waals surface area contributed by atoms with E-state index in [1.54, 1.807) is 26.0 Å². The lowest BCUT2D eigenvalue weighted by Crippen LogP contribution is -2.33. The Bertz CT molecular complexity index is 2770. The third-order valence-electron chi connectivity index (χ3n) is 9.92. The summed E-state index contributed by atoms with van der Waals surface area (Å²) in [6.07, 6.45) is -8.86. The molecule has 0 aliphatic carbocycles. The lowest BCUT2D eigenvalue weighted by atomic mass is 10.0. The molecule has 0 fully saturated rings. The van der Waals surface area contributed by atoms with Crippen LogP contribution in [0.1, 0.15) is 70.7 Å². The molecule has 2 atom stereocenters. The summed E-state index contributed by atoms with van der Waals surface area (Å²) in [6.45, 7) is 5.67. The number of hydrogen-bond acceptors (Lipinski definition) is 10. The van der Waals surface area contributed by atoms with E-state index in [2.05, 4.69) is 41.7 Å². The van der Waals surface area contributed by atoms with Crippen molar-refractivity contribution in [1.82, 2.24) is 0 Å². The zero-order chi connectivity index (χ0) is 51.8. The van der Waals surface area contributed by atoms with Crippen molar-refractivity contribution >= 4 is 116 Å². The number of azo groups is 2. The van der Waals surface area contributed by atoms with Gasteiger partial charge in [-0.05, 0) is 123 Å². The van der Waals surface area contributed by atoms with Crippen LogP contribution in [0.25, 0.3) is 0 Å². The first-order valence-electron chi connectivity index (χ1n) is 20.4. The number of nitrogens with one attached hydrogen (secondary N) is 4. The maximum Gasteiger partial charge on any atom is 0.417 e. The largest absolute Gasteiger partial charge is 0.417 e. The van der Waals surface area contributed by atoms with Crippen molar-refractivity contribution in [2.45, 2.75) is 65.0 Å². The third kappa shape index (κ3) is 13.7. The van der Waals surface area contributed by atoms with Gasteiger partial charge in [-0.25, -0.2) is 0 Å². The van der Waals surface area contributed by atoms with E-state index in [0.29, 0.717) is 23.3 Å². The number of carbonyl (C=O) groups excluding carboxylic acids is 6. The van der Waals surface area contributed by atoms with Crippen molar-refractivity contribution < 1.29 is 55.1 Å². The normalized spacial score (nSPS) is 12.7. The van der Waals surface area contributed by atoms with E-state index in [-0.39, 0.29) is 68.1 Å². The Kier molecular flexibility index (Phi) is 17.6. The fourth-order valence-electron chi connectivity index (χ4n) is 6.30. The number of benzene rings is 5. The first-order chi connectivity index (χ1) is 32.8. The van der Waals surface area contributed by atoms with Crippen LogP contribution in [-0.2, 0) is 44.4 Å². The smallest absolute Gasteiger partial charge is 0.323 e. The second-order valence-electron chi connectivity index (χ2n) is 14.9. The number of hydrogen-bond donors (Lipinski definition) is 4. The van der Waals surface area contributed by atoms with Gasteiger partial charge in [-0.2, -0.15) is 46.8 Å². The lowest BCUT2D eigenvalue weighted by molar-refractivity contribution is -0.138. The van der Waals surface area contributed by atoms with Crippen LogP contribution in [0.15, 0.2) is 105 Å². The first kappa shape index (κ1) is 54.2. The van der Waals surface area contributed by atoms with Gasteiger partial charge in [0.05, 0.1) is 31.2 Å². The highest BCUT2D eigenvalue weighted by atomic mass is 35.5. The van der Waals surface area contributed by atoms with E-state index < -0.39 is 80.8 Å². The Morgan fingerprint density at radius 3 is 1.16 bits per heavy atom. The molecular weight excluding hydrogens is 1020 g/mol. The predicted molar refractivity (Wildman–Crippen MR) is 252 cm³/mol. The number of halogens is 10. The molecular formula is C46H36Cl4F6N8O6. The molecule has 366 valence electrons. The maximum absolute atomic E-state index is 13.6. The van der Waals surface area contributed by atoms with Crippen molar-refractivity contribution in [2.75, 3.05) is 21.3 Å². The molecule has 0 bridgehead atoms. The van der Waals surface area contributed by atoms with E-state index in [4.69, 9.17) is 46.4 Å². The quantitative estimate of drug-likeness (QED) is 0.0430. The first-order valence-corrected chi connectivity index (χ1v) is 21.9. The molecule has 0 saturated heterocycles. The average molecular weight is 1050 g/mol. The van der Waals surface area contributed by atoms with Crippen LogP contribution in [0.2, 0.25) is 20.1 Å². The van der Waals surface area contributed by atoms with Crippen LogP contribution in [0.5, 0.6) is 0 Å². The number of aryl methyl sites for hydroxylation is 2. The van der Waals surface area contributed by atoms with Gasteiger partial charge in [-0.3, -0.25) is 28.8 Å². The highest BCUT2D eigenvalue weighted by Gasteiger charge is 2.34. The number of nitrogens with zero attached hydrogens (tertiary/aromatic N) is 4. The second-order valence-corrected chi connectivity index (χ2v) is 16.6. The topological polar surface area (TPSA) is 200 Å². The Morgan fingerprint density at radius 1 is 0.500 bits per heavy atom. The van der Waals surface area contributed by atoms with Gasteiger partial charge in [-0.15, -0.1) is 0 Å². The Hall–Kier alpha value is -6.74. The number of rotatable bonds is 16. The summed E-state index contributed by atoms with van der Waals surface area (Å²) < 4.78 is 78.8. The number of anilines is 4. The van der Waals surface area contributed by atoms with Gasteiger partial charge in [0.1, 0.15) is 11.4 Å². The van der Waals surface area contributed by atoms with E-state index in [1.165, 1.54) is 36.4 Å². The van der Waals surface area contributed by atoms with Gasteiger partial charge in [0.25, 0.3) is 23.6 Å². The van der Waals surface area contributed by atoms with Gasteiger partial charge >= 0.3 is 12.4 Å². The van der Waals surface area contributed by atoms with Crippen molar-refractivity contribution in [1.29, 1.82) is 0 Å². The molecule has 4 N–H and O–H groups in total. The van der Waals surface area contributed by atoms with Crippen molar-refractivity contribution in [2.24, 2.45) is 20.5 Å². The molecule has 0 saturated carbocycles. The van der Waals surface area contributed by atoms with Crippen LogP contribution in [0.4, 0.5) is 60.5 Å². The van der Waals surface area contributed by atoms with Crippen LogP contribution < -0.4 is 21.3 Å². The summed E-state index contributed by atoms with van der Waals surface area (Å²) in [5, 5.41) is 24.6. The van der Waals surface area contributed by atoms with Gasteiger partial charge < -0.3 is 21.3 Å². The summed E-state index contributed by atoms with van der Waals surface area (Å²) in [6, 6.07) is 12.5. The van der Waals surface area contributed by atoms with Crippen molar-refractivity contribution in [3.8, 4) is 0 Å². The minimum atomic E-state index is -4.71. The summed E-state index contributed by atoms with van der Waals surface area (Å²) in [5.74, 6) is -4.84. The molecule has 0 aliphatic heterocycles. The summed E-state index contributed by atoms with van der Waals surface area (Å²) in [5.41, 5.74) is -1.23. The third-order valence-corrected chi connectivity index (χ3v) is 11.2.